The SMILES string of the molecule is CCN1\C(=C/C=C/C=C/C2=[N+](CCCCCC(=O)NCCOCCOCCNC(=O)OCCC(C)(C)SSCOCCCCOC(=O)CCC#Cc3cn([C@H]4C[C@H](OCS(=S)CC)[C@@H](COP(=O)(O)OP(=O)(O)OP(=O)(O)O)O4)c4nc(N)[nH]c(=O)c34)c3ccc(C)cc3C2(C)C)C(C)(C)c2ccccc21.O=S(=O)=O. The Morgan fingerprint density at radius 1 is 0.864 bits per heavy atom. The van der Waals surface area contributed by atoms with Gasteiger partial charge >= 0.3 is 46.1 Å². The van der Waals surface area contributed by atoms with Crippen LogP contribution in [0, 0.1) is 18.8 Å². The highest BCUT2D eigenvalue weighted by atomic mass is 33.1. The lowest BCUT2D eigenvalue weighted by molar-refractivity contribution is -0.438. The largest absolute Gasteiger partial charge is 0.490 e. The van der Waals surface area contributed by atoms with E-state index < -0.39 is 86.2 Å². The minimum absolute atomic E-state index is 0.00631. The second-order valence-corrected chi connectivity index (χ2v) is 37.8. The zero-order chi connectivity index (χ0) is 80.9. The molecule has 0 aliphatic carbocycles. The topological polar surface area (TPSA) is 434 Å². The van der Waals surface area contributed by atoms with Crippen LogP contribution in [0.15, 0.2) is 89.5 Å². The van der Waals surface area contributed by atoms with Gasteiger partial charge in [-0.1, -0.05) is 112 Å². The van der Waals surface area contributed by atoms with Crippen molar-refractivity contribution in [3.63, 3.8) is 0 Å². The third-order valence-corrected chi connectivity index (χ3v) is 26.2. The number of para-hydroxylation sites is 1. The van der Waals surface area contributed by atoms with E-state index in [0.29, 0.717) is 70.3 Å². The summed E-state index contributed by atoms with van der Waals surface area (Å²) in [5.41, 5.74) is 14.3. The van der Waals surface area contributed by atoms with Crippen LogP contribution in [0.2, 0.25) is 0 Å². The third kappa shape index (κ3) is 30.5. The maximum absolute atomic E-state index is 13.2. The number of carbonyl (C=O) groups excluding carboxylic acids is 3. The molecule has 2 aromatic heterocycles. The molecule has 2 aromatic carbocycles. The van der Waals surface area contributed by atoms with E-state index in [1.165, 1.54) is 61.0 Å². The van der Waals surface area contributed by atoms with Gasteiger partial charge in [-0.3, -0.25) is 23.9 Å². The summed E-state index contributed by atoms with van der Waals surface area (Å²) < 4.78 is 117. The molecule has 0 saturated carbocycles. The number of aromatic amines is 1. The van der Waals surface area contributed by atoms with E-state index in [1.54, 1.807) is 10.8 Å². The number of benzene rings is 2. The number of likely N-dealkylation sites (N-methyl/N-ethyl adjacent to an activating group) is 1. The summed E-state index contributed by atoms with van der Waals surface area (Å²) >= 11 is 5.39. The molecular formula is C70H102N8O24P3S5+. The molecule has 5 heterocycles. The number of unbranched alkanes of at least 4 members (excludes halogenated alkanes) is 3. The number of alkyl carbamates (subject to hydrolysis) is 1. The Morgan fingerprint density at radius 3 is 2.28 bits per heavy atom. The predicted octanol–water partition coefficient (Wildman–Crippen LogP) is 9.99. The second-order valence-electron chi connectivity index (χ2n) is 26.9. The molecule has 0 spiro atoms. The fourth-order valence-corrected chi connectivity index (χ4v) is 18.0. The van der Waals surface area contributed by atoms with Gasteiger partial charge in [0.25, 0.3) is 5.56 Å². The van der Waals surface area contributed by atoms with Crippen molar-refractivity contribution in [3.05, 3.63) is 117 Å². The van der Waals surface area contributed by atoms with Crippen LogP contribution < -0.4 is 26.8 Å². The first kappa shape index (κ1) is 93.1. The molecule has 3 unspecified atom stereocenters. The van der Waals surface area contributed by atoms with E-state index in [1.807, 2.05) is 6.92 Å². The predicted molar refractivity (Wildman–Crippen MR) is 424 cm³/mol. The van der Waals surface area contributed by atoms with E-state index in [0.717, 1.165) is 32.4 Å². The average Bonchev–Trinajstić information content (AvgIpc) is 1.61. The van der Waals surface area contributed by atoms with Gasteiger partial charge in [-0.2, -0.15) is 18.2 Å². The van der Waals surface area contributed by atoms with Crippen molar-refractivity contribution >= 4 is 128 Å². The number of esters is 1. The Bertz CT molecular complexity index is 4340. The number of nitrogens with zero attached hydrogens (tertiary/aromatic N) is 4. The molecule has 3 aliphatic rings. The number of phosphoric acid groups is 3. The highest BCUT2D eigenvalue weighted by Crippen LogP contribution is 2.66. The summed E-state index contributed by atoms with van der Waals surface area (Å²) in [6, 6.07) is 15.4. The Morgan fingerprint density at radius 2 is 1.57 bits per heavy atom. The summed E-state index contributed by atoms with van der Waals surface area (Å²) in [4.78, 5) is 97.4. The minimum atomic E-state index is -5.79. The maximum Gasteiger partial charge on any atom is 0.490 e. The molecule has 2 amide bonds. The van der Waals surface area contributed by atoms with E-state index in [4.69, 9.17) is 77.0 Å². The molecule has 1 saturated heterocycles. The number of amides is 2. The summed E-state index contributed by atoms with van der Waals surface area (Å²) in [6.07, 6.45) is 13.8. The van der Waals surface area contributed by atoms with Gasteiger partial charge in [-0.05, 0) is 114 Å². The average molecular weight is 1690 g/mol. The summed E-state index contributed by atoms with van der Waals surface area (Å²) in [5, 5.41) is 5.70. The second kappa shape index (κ2) is 44.8. The Balaban J connectivity index is 0.00000460. The first-order chi connectivity index (χ1) is 52.0. The van der Waals surface area contributed by atoms with Crippen molar-refractivity contribution in [1.29, 1.82) is 0 Å². The normalized spacial score (nSPS) is 18.3. The van der Waals surface area contributed by atoms with Crippen LogP contribution in [0.3, 0.4) is 0 Å². The lowest BCUT2D eigenvalue weighted by Crippen LogP contribution is -2.30. The summed E-state index contributed by atoms with van der Waals surface area (Å²) in [5.74, 6) is 6.15. The standard InChI is InChI=1S/C70H101N8O21P3S4.O3S/c1-10-76-54-26-19-18-25-52(54)69(6,7)58(76)27-14-12-15-28-59-70(8,9)53-44-50(3)31-32-55(53)77(59)36-21-13-16-29-60(79)72-34-40-90-42-43-91-41-35-73-67(82)94-39-33-68(4,5)105-104-48-92-37-22-23-38-93-62(80)30-20-17-24-51-46-78(64-63(51)65(81)75-66(71)74-64)61-45-56(95-49-106(103)11-2)57(97-61)47-96-101(86,87)99-102(88,89)98-100(83,84)85;1-4(2)3/h12,14-15,18-19,25-28,31-32,44,46,56-57,61H,10-11,13,16,20-23,29-30,33-43,45,47-49H2,1-9H3,(H8-,71,72,73,74,75,79,81,82,83,84,85,86,87,88,89);/p+1/t56-,57+,61+,106?;/m0./s1. The van der Waals surface area contributed by atoms with Gasteiger partial charge in [0.15, 0.2) is 11.4 Å². The molecule has 3 aliphatic heterocycles. The van der Waals surface area contributed by atoms with Crippen molar-refractivity contribution in [3.8, 4) is 11.8 Å². The first-order valence-corrected chi connectivity index (χ1v) is 45.9. The van der Waals surface area contributed by atoms with Gasteiger partial charge in [-0.15, -0.1) is 12.6 Å². The van der Waals surface area contributed by atoms with Crippen molar-refractivity contribution < 1.29 is 111 Å². The maximum atomic E-state index is 13.2. The minimum Gasteiger partial charge on any atom is -0.466 e. The highest BCUT2D eigenvalue weighted by Gasteiger charge is 2.46. The quantitative estimate of drug-likeness (QED) is 0.00298. The number of aromatic nitrogens is 3. The van der Waals surface area contributed by atoms with E-state index in [-0.39, 0.29) is 95.6 Å². The van der Waals surface area contributed by atoms with Crippen LogP contribution in [0.1, 0.15) is 148 Å². The van der Waals surface area contributed by atoms with Gasteiger partial charge in [0.1, 0.15) is 24.8 Å². The van der Waals surface area contributed by atoms with Gasteiger partial charge in [0.05, 0.1) is 81.1 Å². The number of phosphoric ester groups is 1. The third-order valence-electron chi connectivity index (χ3n) is 17.4. The number of H-pyrrole nitrogens is 1. The molecule has 1 fully saturated rings. The molecule has 110 heavy (non-hydrogen) atoms. The number of nitrogens with one attached hydrogen (secondary N) is 3. The van der Waals surface area contributed by atoms with Crippen LogP contribution in [0.4, 0.5) is 22.1 Å². The number of fused-ring (bicyclic) bond motifs is 3. The molecule has 4 aromatic rings. The number of rotatable bonds is 45. The highest BCUT2D eigenvalue weighted by molar-refractivity contribution is 8.77. The zero-order valence-corrected chi connectivity index (χ0v) is 69.9. The number of hydrogen-bond donors (Lipinski definition) is 8. The number of anilines is 2. The fourth-order valence-electron chi connectivity index (χ4n) is 12.0. The van der Waals surface area contributed by atoms with Crippen LogP contribution in [0.25, 0.3) is 11.0 Å². The number of aryl methyl sites for hydroxylation is 1. The van der Waals surface area contributed by atoms with Crippen LogP contribution in [-0.4, -0.2) is 189 Å². The number of ether oxygens (including phenoxy) is 7. The monoisotopic (exact) mass is 1690 g/mol. The van der Waals surface area contributed by atoms with Crippen molar-refractivity contribution in [1.82, 2.24) is 25.2 Å². The van der Waals surface area contributed by atoms with Crippen molar-refractivity contribution in [2.75, 3.05) is 107 Å². The number of nitrogen functional groups attached to an aromatic ring is 1. The number of nitrogens with two attached hydrogens (primary N) is 1. The van der Waals surface area contributed by atoms with Gasteiger partial charge in [-0.25, -0.2) is 18.5 Å². The van der Waals surface area contributed by atoms with Crippen molar-refractivity contribution in [2.45, 2.75) is 161 Å². The molecule has 610 valence electrons. The zero-order valence-electron chi connectivity index (χ0n) is 63.1. The molecule has 0 bridgehead atoms. The van der Waals surface area contributed by atoms with E-state index in [2.05, 4.69) is 179 Å². The summed E-state index contributed by atoms with van der Waals surface area (Å²) in [6.45, 7) is 23.3. The number of carbonyl (C=O) groups is 3. The van der Waals surface area contributed by atoms with Crippen LogP contribution in [0.5, 0.6) is 0 Å². The molecule has 9 N–H and O–H groups in total. The van der Waals surface area contributed by atoms with Crippen LogP contribution >= 0.6 is 45.1 Å². The molecule has 0 radical (unpaired) electrons. The Hall–Kier alpha value is -5.78. The number of hydrogen-bond acceptors (Lipinski definition) is 26. The molecule has 40 heteroatoms. The molecule has 32 nitrogen and oxygen atoms in total. The Kier molecular flexibility index (Phi) is 37.9. The molecule has 6 atom stereocenters. The summed E-state index contributed by atoms with van der Waals surface area (Å²) in [7, 11) is -17.5. The number of allylic oxidation sites excluding steroid dienone is 6. The fraction of sp³-hybridized carbons (Fsp3) is 0.571. The smallest absolute Gasteiger partial charge is 0.466 e. The van der Waals surface area contributed by atoms with Crippen LogP contribution in [-0.2, 0) is 112 Å². The van der Waals surface area contributed by atoms with Crippen molar-refractivity contribution in [2.24, 2.45) is 0 Å². The Labute approximate surface area is 657 Å². The van der Waals surface area contributed by atoms with E-state index in [9.17, 15) is 42.7 Å². The van der Waals surface area contributed by atoms with E-state index >= 15 is 0 Å². The lowest BCUT2D eigenvalue weighted by Gasteiger charge is -2.25. The molecule has 7 rings (SSSR count). The lowest BCUT2D eigenvalue weighted by atomic mass is 9.81. The van der Waals surface area contributed by atoms with Gasteiger partial charge in [0, 0.05) is 97.4 Å². The first-order valence-electron chi connectivity index (χ1n) is 35.6. The molecular weight excluding hydrogens is 1590 g/mol. The van der Waals surface area contributed by atoms with Gasteiger partial charge in [0.2, 0.25) is 17.5 Å². The van der Waals surface area contributed by atoms with Gasteiger partial charge < -0.3 is 78.6 Å².